The number of rotatable bonds is 5. The number of benzene rings is 2. The number of methoxy groups -OCH3 is 2. The number of esters is 1. The second-order valence-corrected chi connectivity index (χ2v) is 5.40. The van der Waals surface area contributed by atoms with Crippen LogP contribution in [0.3, 0.4) is 0 Å². The SMILES string of the molecule is COC(=O)CC(c1ccc2cc[nH]c2c1)c1ccccc1OC. The quantitative estimate of drug-likeness (QED) is 0.728. The van der Waals surface area contributed by atoms with Gasteiger partial charge in [-0.05, 0) is 29.1 Å². The van der Waals surface area contributed by atoms with E-state index in [0.717, 1.165) is 27.8 Å². The van der Waals surface area contributed by atoms with Crippen LogP contribution in [-0.4, -0.2) is 25.2 Å². The van der Waals surface area contributed by atoms with Gasteiger partial charge < -0.3 is 14.5 Å². The van der Waals surface area contributed by atoms with Gasteiger partial charge in [0, 0.05) is 23.2 Å². The number of H-pyrrole nitrogens is 1. The molecule has 0 saturated heterocycles. The second-order valence-electron chi connectivity index (χ2n) is 5.40. The highest BCUT2D eigenvalue weighted by molar-refractivity contribution is 5.80. The molecule has 1 heterocycles. The monoisotopic (exact) mass is 309 g/mol. The van der Waals surface area contributed by atoms with Crippen LogP contribution in [0.15, 0.2) is 54.7 Å². The Balaban J connectivity index is 2.08. The van der Waals surface area contributed by atoms with Gasteiger partial charge in [0.25, 0.3) is 0 Å². The summed E-state index contributed by atoms with van der Waals surface area (Å²) in [4.78, 5) is 15.1. The molecular formula is C19H19NO3. The van der Waals surface area contributed by atoms with Gasteiger partial charge in [0.2, 0.25) is 0 Å². The Morgan fingerprint density at radius 2 is 1.96 bits per heavy atom. The fraction of sp³-hybridized carbons (Fsp3) is 0.211. The topological polar surface area (TPSA) is 51.3 Å². The molecule has 118 valence electrons. The minimum atomic E-state index is -0.243. The highest BCUT2D eigenvalue weighted by Gasteiger charge is 2.22. The minimum Gasteiger partial charge on any atom is -0.496 e. The predicted molar refractivity (Wildman–Crippen MR) is 89.8 cm³/mol. The highest BCUT2D eigenvalue weighted by Crippen LogP contribution is 2.35. The van der Waals surface area contributed by atoms with Crippen molar-refractivity contribution in [1.29, 1.82) is 0 Å². The fourth-order valence-corrected chi connectivity index (χ4v) is 2.89. The number of aromatic amines is 1. The van der Waals surface area contributed by atoms with Gasteiger partial charge in [0.15, 0.2) is 0 Å². The Hall–Kier alpha value is -2.75. The number of carbonyl (C=O) groups excluding carboxylic acids is 1. The lowest BCUT2D eigenvalue weighted by Crippen LogP contribution is -2.11. The molecule has 1 N–H and O–H groups in total. The van der Waals surface area contributed by atoms with E-state index in [0.29, 0.717) is 0 Å². The van der Waals surface area contributed by atoms with E-state index in [1.807, 2.05) is 36.5 Å². The molecule has 4 nitrogen and oxygen atoms in total. The standard InChI is InChI=1S/C19H19NO3/c1-22-18-6-4-3-5-15(18)16(12-19(21)23-2)14-8-7-13-9-10-20-17(13)11-14/h3-11,16,20H,12H2,1-2H3. The van der Waals surface area contributed by atoms with E-state index in [4.69, 9.17) is 9.47 Å². The first kappa shape index (κ1) is 15.2. The summed E-state index contributed by atoms with van der Waals surface area (Å²) in [5, 5.41) is 1.14. The molecule has 4 heteroatoms. The maximum Gasteiger partial charge on any atom is 0.306 e. The molecule has 1 aromatic heterocycles. The van der Waals surface area contributed by atoms with E-state index in [9.17, 15) is 4.79 Å². The molecule has 0 spiro atoms. The number of fused-ring (bicyclic) bond motifs is 1. The third-order valence-electron chi connectivity index (χ3n) is 4.09. The van der Waals surface area contributed by atoms with Gasteiger partial charge in [-0.25, -0.2) is 0 Å². The summed E-state index contributed by atoms with van der Waals surface area (Å²) >= 11 is 0. The highest BCUT2D eigenvalue weighted by atomic mass is 16.5. The molecule has 2 aromatic carbocycles. The normalized spacial score (nSPS) is 12.1. The smallest absolute Gasteiger partial charge is 0.306 e. The number of carbonyl (C=O) groups is 1. The van der Waals surface area contributed by atoms with Crippen molar-refractivity contribution in [3.8, 4) is 5.75 Å². The maximum atomic E-state index is 11.9. The zero-order valence-corrected chi connectivity index (χ0v) is 13.2. The maximum absolute atomic E-state index is 11.9. The summed E-state index contributed by atoms with van der Waals surface area (Å²) < 4.78 is 10.4. The summed E-state index contributed by atoms with van der Waals surface area (Å²) in [6, 6.07) is 16.0. The molecule has 0 aliphatic rings. The average Bonchev–Trinajstić information content (AvgIpc) is 3.07. The van der Waals surface area contributed by atoms with E-state index in [1.165, 1.54) is 7.11 Å². The number of para-hydroxylation sites is 1. The van der Waals surface area contributed by atoms with Gasteiger partial charge in [0.05, 0.1) is 20.6 Å². The van der Waals surface area contributed by atoms with E-state index in [2.05, 4.69) is 23.2 Å². The number of ether oxygens (including phenoxy) is 2. The first-order valence-electron chi connectivity index (χ1n) is 7.49. The summed E-state index contributed by atoms with van der Waals surface area (Å²) in [5.41, 5.74) is 3.08. The van der Waals surface area contributed by atoms with E-state index in [1.54, 1.807) is 7.11 Å². The van der Waals surface area contributed by atoms with Gasteiger partial charge in [-0.1, -0.05) is 30.3 Å². The van der Waals surface area contributed by atoms with Crippen LogP contribution < -0.4 is 4.74 Å². The Bertz CT molecular complexity index is 822. The van der Waals surface area contributed by atoms with Crippen molar-refractivity contribution < 1.29 is 14.3 Å². The van der Waals surface area contributed by atoms with Crippen molar-refractivity contribution in [2.24, 2.45) is 0 Å². The lowest BCUT2D eigenvalue weighted by Gasteiger charge is -2.19. The molecular weight excluding hydrogens is 290 g/mol. The number of hydrogen-bond acceptors (Lipinski definition) is 3. The van der Waals surface area contributed by atoms with Crippen LogP contribution in [0.1, 0.15) is 23.5 Å². The van der Waals surface area contributed by atoms with Crippen molar-refractivity contribution in [3.05, 3.63) is 65.9 Å². The molecule has 0 aliphatic heterocycles. The summed E-state index contributed by atoms with van der Waals surface area (Å²) in [6.07, 6.45) is 2.18. The zero-order chi connectivity index (χ0) is 16.2. The molecule has 0 amide bonds. The molecule has 1 atom stereocenters. The van der Waals surface area contributed by atoms with E-state index in [-0.39, 0.29) is 18.3 Å². The molecule has 0 aliphatic carbocycles. The molecule has 0 bridgehead atoms. The molecule has 0 saturated carbocycles. The van der Waals surface area contributed by atoms with Crippen LogP contribution in [0, 0.1) is 0 Å². The van der Waals surface area contributed by atoms with Crippen LogP contribution in [0.4, 0.5) is 0 Å². The number of hydrogen-bond donors (Lipinski definition) is 1. The Labute approximate surface area is 135 Å². The third kappa shape index (κ3) is 3.06. The molecule has 3 aromatic rings. The first-order chi connectivity index (χ1) is 11.2. The molecule has 1 unspecified atom stereocenters. The van der Waals surface area contributed by atoms with Crippen molar-refractivity contribution in [1.82, 2.24) is 4.98 Å². The largest absolute Gasteiger partial charge is 0.496 e. The third-order valence-corrected chi connectivity index (χ3v) is 4.09. The summed E-state index contributed by atoms with van der Waals surface area (Å²) in [6.45, 7) is 0. The number of nitrogens with one attached hydrogen (secondary N) is 1. The van der Waals surface area contributed by atoms with Crippen LogP contribution in [0.2, 0.25) is 0 Å². The van der Waals surface area contributed by atoms with Gasteiger partial charge in [-0.3, -0.25) is 4.79 Å². The van der Waals surface area contributed by atoms with Gasteiger partial charge in [-0.2, -0.15) is 0 Å². The van der Waals surface area contributed by atoms with E-state index < -0.39 is 0 Å². The van der Waals surface area contributed by atoms with Crippen LogP contribution in [0.5, 0.6) is 5.75 Å². The van der Waals surface area contributed by atoms with Crippen LogP contribution in [0.25, 0.3) is 10.9 Å². The minimum absolute atomic E-state index is 0.119. The number of aromatic nitrogens is 1. The molecule has 3 rings (SSSR count). The average molecular weight is 309 g/mol. The summed E-state index contributed by atoms with van der Waals surface area (Å²) in [7, 11) is 3.05. The Morgan fingerprint density at radius 3 is 2.74 bits per heavy atom. The van der Waals surface area contributed by atoms with Crippen molar-refractivity contribution in [2.45, 2.75) is 12.3 Å². The lowest BCUT2D eigenvalue weighted by atomic mass is 9.87. The van der Waals surface area contributed by atoms with Crippen molar-refractivity contribution in [3.63, 3.8) is 0 Å². The fourth-order valence-electron chi connectivity index (χ4n) is 2.89. The molecule has 0 fully saturated rings. The van der Waals surface area contributed by atoms with Crippen molar-refractivity contribution in [2.75, 3.05) is 14.2 Å². The van der Waals surface area contributed by atoms with Crippen LogP contribution in [-0.2, 0) is 9.53 Å². The molecule has 23 heavy (non-hydrogen) atoms. The predicted octanol–water partition coefficient (Wildman–Crippen LogP) is 3.87. The van der Waals surface area contributed by atoms with Gasteiger partial charge >= 0.3 is 5.97 Å². The van der Waals surface area contributed by atoms with Gasteiger partial charge in [0.1, 0.15) is 5.75 Å². The Kier molecular flexibility index (Phi) is 4.33. The van der Waals surface area contributed by atoms with Crippen LogP contribution >= 0.6 is 0 Å². The first-order valence-corrected chi connectivity index (χ1v) is 7.49. The summed E-state index contributed by atoms with van der Waals surface area (Å²) in [5.74, 6) is 0.409. The second kappa shape index (κ2) is 6.57. The van der Waals surface area contributed by atoms with Crippen molar-refractivity contribution >= 4 is 16.9 Å². The lowest BCUT2D eigenvalue weighted by molar-refractivity contribution is -0.140. The molecule has 0 radical (unpaired) electrons. The van der Waals surface area contributed by atoms with Gasteiger partial charge in [-0.15, -0.1) is 0 Å². The Morgan fingerprint density at radius 1 is 1.13 bits per heavy atom. The zero-order valence-electron chi connectivity index (χ0n) is 13.2. The van der Waals surface area contributed by atoms with E-state index >= 15 is 0 Å².